The Balaban J connectivity index is 1.45. The second-order valence-electron chi connectivity index (χ2n) is 10.5. The summed E-state index contributed by atoms with van der Waals surface area (Å²) in [6.45, 7) is 6.52. The Kier molecular flexibility index (Phi) is 8.02. The molecule has 0 aliphatic carbocycles. The fourth-order valence-electron chi connectivity index (χ4n) is 4.15. The molecule has 4 rings (SSSR count). The van der Waals surface area contributed by atoms with Crippen molar-refractivity contribution in [1.82, 2.24) is 0 Å². The smallest absolute Gasteiger partial charge is 0.255 e. The van der Waals surface area contributed by atoms with Crippen LogP contribution in [0, 0.1) is 0 Å². The topological polar surface area (TPSA) is 83.6 Å². The van der Waals surface area contributed by atoms with Gasteiger partial charge in [-0.15, -0.1) is 0 Å². The summed E-state index contributed by atoms with van der Waals surface area (Å²) in [5, 5.41) is 2.85. The van der Waals surface area contributed by atoms with Crippen molar-refractivity contribution in [3.8, 4) is 0 Å². The van der Waals surface area contributed by atoms with Gasteiger partial charge in [0, 0.05) is 22.4 Å². The highest BCUT2D eigenvalue weighted by Crippen LogP contribution is 2.24. The molecule has 0 saturated heterocycles. The number of hydrogen-bond donors (Lipinski definition) is 1. The van der Waals surface area contributed by atoms with Gasteiger partial charge in [-0.05, 0) is 52.9 Å². The fraction of sp³-hybridized carbons (Fsp3) is 0.188. The predicted octanol–water partition coefficient (Wildman–Crippen LogP) is 6.43. The molecule has 0 radical (unpaired) electrons. The van der Waals surface area contributed by atoms with Crippen molar-refractivity contribution in [3.05, 3.63) is 131 Å². The van der Waals surface area contributed by atoms with Gasteiger partial charge in [0.25, 0.3) is 5.91 Å². The van der Waals surface area contributed by atoms with Crippen molar-refractivity contribution < 1.29 is 18.0 Å². The Morgan fingerprint density at radius 3 is 1.95 bits per heavy atom. The molecule has 0 spiro atoms. The largest absolute Gasteiger partial charge is 0.322 e. The van der Waals surface area contributed by atoms with E-state index in [4.69, 9.17) is 0 Å². The van der Waals surface area contributed by atoms with E-state index in [-0.39, 0.29) is 23.7 Å². The van der Waals surface area contributed by atoms with Crippen LogP contribution in [0.25, 0.3) is 0 Å². The molecule has 0 aromatic heterocycles. The van der Waals surface area contributed by atoms with E-state index in [9.17, 15) is 18.0 Å². The lowest BCUT2D eigenvalue weighted by atomic mass is 9.86. The van der Waals surface area contributed by atoms with Crippen molar-refractivity contribution in [2.75, 3.05) is 15.9 Å². The van der Waals surface area contributed by atoms with Gasteiger partial charge < -0.3 is 5.32 Å². The van der Waals surface area contributed by atoms with Crippen molar-refractivity contribution in [3.63, 3.8) is 0 Å². The average Bonchev–Trinajstić information content (AvgIpc) is 2.91. The monoisotopic (exact) mass is 540 g/mol. The average molecular weight is 541 g/mol. The molecule has 0 unspecified atom stereocenters. The third kappa shape index (κ3) is 7.00. The Hall–Kier alpha value is -4.23. The molecule has 0 atom stereocenters. The number of rotatable bonds is 8. The molecule has 0 fully saturated rings. The Morgan fingerprint density at radius 1 is 0.744 bits per heavy atom. The van der Waals surface area contributed by atoms with E-state index in [1.165, 1.54) is 10.6 Å². The second-order valence-corrected chi connectivity index (χ2v) is 12.4. The molecule has 39 heavy (non-hydrogen) atoms. The van der Waals surface area contributed by atoms with E-state index < -0.39 is 10.0 Å². The molecular weight excluding hydrogens is 508 g/mol. The van der Waals surface area contributed by atoms with Crippen LogP contribution >= 0.6 is 0 Å². The summed E-state index contributed by atoms with van der Waals surface area (Å²) in [5.41, 5.74) is 4.45. The van der Waals surface area contributed by atoms with Crippen LogP contribution in [0.4, 0.5) is 11.4 Å². The zero-order chi connectivity index (χ0) is 28.2. The van der Waals surface area contributed by atoms with Gasteiger partial charge in [-0.2, -0.15) is 0 Å². The summed E-state index contributed by atoms with van der Waals surface area (Å²) >= 11 is 0. The molecule has 0 bridgehead atoms. The van der Waals surface area contributed by atoms with Crippen molar-refractivity contribution in [1.29, 1.82) is 0 Å². The van der Waals surface area contributed by atoms with Gasteiger partial charge in [0.2, 0.25) is 10.0 Å². The number of amides is 1. The molecular formula is C32H32N2O4S. The van der Waals surface area contributed by atoms with Crippen LogP contribution in [-0.4, -0.2) is 26.4 Å². The van der Waals surface area contributed by atoms with E-state index >= 15 is 0 Å². The number of para-hydroxylation sites is 1. The summed E-state index contributed by atoms with van der Waals surface area (Å²) in [6.07, 6.45) is 1.17. The number of nitrogens with zero attached hydrogens (tertiary/aromatic N) is 1. The first-order valence-corrected chi connectivity index (χ1v) is 14.4. The molecule has 4 aromatic rings. The number of benzene rings is 4. The lowest BCUT2D eigenvalue weighted by molar-refractivity contribution is 0.102. The maximum absolute atomic E-state index is 13.1. The lowest BCUT2D eigenvalue weighted by Crippen LogP contribution is -2.29. The summed E-state index contributed by atoms with van der Waals surface area (Å²) in [6, 6.07) is 30.1. The SMILES string of the molecule is CC(C)(C)c1ccc(C(=O)c2cccc(NC(=O)c3ccc(CN(c4ccccc4)S(C)(=O)=O)cc3)c2)cc1. The van der Waals surface area contributed by atoms with E-state index in [1.807, 2.05) is 30.3 Å². The van der Waals surface area contributed by atoms with Gasteiger partial charge in [-0.1, -0.05) is 87.5 Å². The van der Waals surface area contributed by atoms with Gasteiger partial charge in [0.05, 0.1) is 18.5 Å². The highest BCUT2D eigenvalue weighted by molar-refractivity contribution is 7.92. The highest BCUT2D eigenvalue weighted by Gasteiger charge is 2.18. The minimum Gasteiger partial charge on any atom is -0.322 e. The van der Waals surface area contributed by atoms with E-state index in [2.05, 4.69) is 26.1 Å². The molecule has 0 aliphatic rings. The number of nitrogens with one attached hydrogen (secondary N) is 1. The van der Waals surface area contributed by atoms with Crippen LogP contribution in [0.5, 0.6) is 0 Å². The Bertz CT molecular complexity index is 1570. The number of carbonyl (C=O) groups excluding carboxylic acids is 2. The summed E-state index contributed by atoms with van der Waals surface area (Å²) < 4.78 is 26.1. The van der Waals surface area contributed by atoms with Crippen LogP contribution in [0.1, 0.15) is 58.2 Å². The first-order chi connectivity index (χ1) is 18.4. The fourth-order valence-corrected chi connectivity index (χ4v) is 5.04. The number of hydrogen-bond acceptors (Lipinski definition) is 4. The Labute approximate surface area is 230 Å². The van der Waals surface area contributed by atoms with Crippen LogP contribution in [0.15, 0.2) is 103 Å². The van der Waals surface area contributed by atoms with Gasteiger partial charge in [-0.3, -0.25) is 13.9 Å². The minimum atomic E-state index is -3.50. The van der Waals surface area contributed by atoms with E-state index in [1.54, 1.807) is 72.8 Å². The molecule has 0 heterocycles. The van der Waals surface area contributed by atoms with Crippen LogP contribution in [0.3, 0.4) is 0 Å². The summed E-state index contributed by atoms with van der Waals surface area (Å²) in [4.78, 5) is 26.0. The number of ketones is 1. The zero-order valence-corrected chi connectivity index (χ0v) is 23.3. The number of carbonyl (C=O) groups is 2. The molecule has 6 nitrogen and oxygen atoms in total. The van der Waals surface area contributed by atoms with E-state index in [0.717, 1.165) is 11.1 Å². The van der Waals surface area contributed by atoms with E-state index in [0.29, 0.717) is 28.1 Å². The molecule has 200 valence electrons. The van der Waals surface area contributed by atoms with Gasteiger partial charge in [0.15, 0.2) is 5.78 Å². The first kappa shape index (κ1) is 27.8. The third-order valence-corrected chi connectivity index (χ3v) is 7.52. The minimum absolute atomic E-state index is 0.00103. The molecule has 0 aliphatic heterocycles. The third-order valence-electron chi connectivity index (χ3n) is 6.38. The quantitative estimate of drug-likeness (QED) is 0.261. The molecule has 0 saturated carbocycles. The molecule has 1 amide bonds. The highest BCUT2D eigenvalue weighted by atomic mass is 32.2. The van der Waals surface area contributed by atoms with Crippen LogP contribution < -0.4 is 9.62 Å². The lowest BCUT2D eigenvalue weighted by Gasteiger charge is -2.22. The van der Waals surface area contributed by atoms with Gasteiger partial charge >= 0.3 is 0 Å². The number of sulfonamides is 1. The van der Waals surface area contributed by atoms with Gasteiger partial charge in [0.1, 0.15) is 0 Å². The molecule has 1 N–H and O–H groups in total. The maximum atomic E-state index is 13.1. The zero-order valence-electron chi connectivity index (χ0n) is 22.5. The Morgan fingerprint density at radius 2 is 1.36 bits per heavy atom. The van der Waals surface area contributed by atoms with Crippen LogP contribution in [-0.2, 0) is 22.0 Å². The van der Waals surface area contributed by atoms with Crippen molar-refractivity contribution in [2.45, 2.75) is 32.7 Å². The summed E-state index contributed by atoms with van der Waals surface area (Å²) in [5.74, 6) is -0.450. The normalized spacial score (nSPS) is 11.6. The second kappa shape index (κ2) is 11.3. The van der Waals surface area contributed by atoms with Crippen molar-refractivity contribution >= 4 is 33.1 Å². The number of anilines is 2. The van der Waals surface area contributed by atoms with Crippen molar-refractivity contribution in [2.24, 2.45) is 0 Å². The molecule has 4 aromatic carbocycles. The maximum Gasteiger partial charge on any atom is 0.255 e. The standard InChI is InChI=1S/C32H32N2O4S/c1-32(2,3)27-19-17-24(18-20-27)30(35)26-9-8-10-28(21-26)33-31(36)25-15-13-23(14-16-25)22-34(39(4,37)38)29-11-6-5-7-12-29/h5-21H,22H2,1-4H3,(H,33,36). The predicted molar refractivity (Wildman–Crippen MR) is 157 cm³/mol. The summed E-state index contributed by atoms with van der Waals surface area (Å²) in [7, 11) is -3.50. The molecule has 7 heteroatoms. The first-order valence-electron chi connectivity index (χ1n) is 12.6. The van der Waals surface area contributed by atoms with Crippen LogP contribution in [0.2, 0.25) is 0 Å². The van der Waals surface area contributed by atoms with Gasteiger partial charge in [-0.25, -0.2) is 8.42 Å².